The van der Waals surface area contributed by atoms with E-state index in [1.807, 2.05) is 12.1 Å². The fraction of sp³-hybridized carbons (Fsp3) is 0.625. The largest absolute Gasteiger partial charge is 0.495 e. The van der Waals surface area contributed by atoms with Gasteiger partial charge in [-0.15, -0.1) is 0 Å². The molecule has 0 spiro atoms. The predicted molar refractivity (Wildman–Crippen MR) is 89.5 cm³/mol. The van der Waals surface area contributed by atoms with Crippen LogP contribution in [-0.4, -0.2) is 39.5 Å². The number of ether oxygens (including phenoxy) is 3. The molecule has 5 heteroatoms. The van der Waals surface area contributed by atoms with Crippen molar-refractivity contribution in [2.24, 2.45) is 0 Å². The van der Waals surface area contributed by atoms with Gasteiger partial charge in [0.25, 0.3) is 0 Å². The van der Waals surface area contributed by atoms with Crippen LogP contribution in [0.25, 0.3) is 0 Å². The molecule has 0 aliphatic rings. The first-order valence-corrected chi connectivity index (χ1v) is 7.90. The monoisotopic (exact) mass is 359 g/mol. The molecular formula is C16H26BrNO3. The summed E-state index contributed by atoms with van der Waals surface area (Å²) < 4.78 is 17.2. The second-order valence-electron chi connectivity index (χ2n) is 5.81. The Labute approximate surface area is 136 Å². The smallest absolute Gasteiger partial charge is 0.140 e. The molecule has 0 radical (unpaired) electrons. The zero-order chi connectivity index (χ0) is 15.9. The Kier molecular flexibility index (Phi) is 7.49. The van der Waals surface area contributed by atoms with Crippen molar-refractivity contribution in [3.8, 4) is 11.5 Å². The normalized spacial score (nSPS) is 11.5. The first-order chi connectivity index (χ1) is 9.89. The van der Waals surface area contributed by atoms with Crippen LogP contribution in [-0.2, 0) is 11.2 Å². The van der Waals surface area contributed by atoms with Gasteiger partial charge in [0.05, 0.1) is 27.4 Å². The molecule has 0 saturated heterocycles. The molecular weight excluding hydrogens is 334 g/mol. The van der Waals surface area contributed by atoms with Gasteiger partial charge in [-0.1, -0.05) is 6.07 Å². The van der Waals surface area contributed by atoms with Gasteiger partial charge in [0.2, 0.25) is 0 Å². The summed E-state index contributed by atoms with van der Waals surface area (Å²) in [6.45, 7) is 8.66. The highest BCUT2D eigenvalue weighted by Crippen LogP contribution is 2.37. The Hall–Kier alpha value is -0.780. The molecule has 0 fully saturated rings. The molecule has 120 valence electrons. The summed E-state index contributed by atoms with van der Waals surface area (Å²) in [5, 5.41) is 3.39. The Bertz CT molecular complexity index is 444. The molecule has 0 unspecified atom stereocenters. The minimum absolute atomic E-state index is 0.132. The lowest BCUT2D eigenvalue weighted by Gasteiger charge is -2.20. The van der Waals surface area contributed by atoms with Crippen LogP contribution in [0.4, 0.5) is 0 Å². The van der Waals surface area contributed by atoms with E-state index in [0.29, 0.717) is 13.2 Å². The molecule has 1 aromatic rings. The predicted octanol–water partition coefficient (Wildman–Crippen LogP) is 3.41. The fourth-order valence-electron chi connectivity index (χ4n) is 1.94. The van der Waals surface area contributed by atoms with E-state index >= 15 is 0 Å². The van der Waals surface area contributed by atoms with Crippen molar-refractivity contribution in [1.82, 2.24) is 5.32 Å². The molecule has 4 nitrogen and oxygen atoms in total. The molecule has 0 bridgehead atoms. The van der Waals surface area contributed by atoms with E-state index in [1.54, 1.807) is 14.2 Å². The summed E-state index contributed by atoms with van der Waals surface area (Å²) >= 11 is 3.51. The van der Waals surface area contributed by atoms with Crippen molar-refractivity contribution in [3.63, 3.8) is 0 Å². The maximum absolute atomic E-state index is 5.66. The van der Waals surface area contributed by atoms with Crippen LogP contribution in [0.2, 0.25) is 0 Å². The molecule has 0 heterocycles. The van der Waals surface area contributed by atoms with Crippen molar-refractivity contribution in [1.29, 1.82) is 0 Å². The number of methoxy groups -OCH3 is 2. The summed E-state index contributed by atoms with van der Waals surface area (Å²) in [7, 11) is 3.31. The van der Waals surface area contributed by atoms with Crippen LogP contribution in [0.1, 0.15) is 26.3 Å². The van der Waals surface area contributed by atoms with Gasteiger partial charge in [-0.2, -0.15) is 0 Å². The van der Waals surface area contributed by atoms with E-state index in [4.69, 9.17) is 14.2 Å². The number of rotatable bonds is 8. The standard InChI is InChI=1S/C16H26BrNO3/c1-16(2,3)18-9-11-21-10-8-12-6-7-13(19-4)14(17)15(12)20-5/h6-7,18H,8-11H2,1-5H3. The van der Waals surface area contributed by atoms with Gasteiger partial charge >= 0.3 is 0 Å². The molecule has 1 aromatic carbocycles. The second kappa shape index (κ2) is 8.61. The average molecular weight is 360 g/mol. The quantitative estimate of drug-likeness (QED) is 0.722. The molecule has 0 aliphatic heterocycles. The minimum atomic E-state index is 0.132. The second-order valence-corrected chi connectivity index (χ2v) is 6.61. The molecule has 1 N–H and O–H groups in total. The molecule has 1 rings (SSSR count). The van der Waals surface area contributed by atoms with Crippen molar-refractivity contribution in [2.45, 2.75) is 32.7 Å². The highest BCUT2D eigenvalue weighted by molar-refractivity contribution is 9.10. The Morgan fingerprint density at radius 2 is 1.81 bits per heavy atom. The lowest BCUT2D eigenvalue weighted by molar-refractivity contribution is 0.133. The third kappa shape index (κ3) is 6.24. The number of hydrogen-bond acceptors (Lipinski definition) is 4. The Balaban J connectivity index is 2.44. The minimum Gasteiger partial charge on any atom is -0.495 e. The van der Waals surface area contributed by atoms with Gasteiger partial charge < -0.3 is 19.5 Å². The van der Waals surface area contributed by atoms with Crippen molar-refractivity contribution < 1.29 is 14.2 Å². The summed E-state index contributed by atoms with van der Waals surface area (Å²) in [5.74, 6) is 1.58. The highest BCUT2D eigenvalue weighted by Gasteiger charge is 2.12. The molecule has 0 saturated carbocycles. The van der Waals surface area contributed by atoms with Crippen molar-refractivity contribution >= 4 is 15.9 Å². The van der Waals surface area contributed by atoms with Crippen LogP contribution in [0, 0.1) is 0 Å². The lowest BCUT2D eigenvalue weighted by Crippen LogP contribution is -2.38. The Morgan fingerprint density at radius 3 is 2.38 bits per heavy atom. The zero-order valence-electron chi connectivity index (χ0n) is 13.6. The average Bonchev–Trinajstić information content (AvgIpc) is 2.41. The number of hydrogen-bond donors (Lipinski definition) is 1. The van der Waals surface area contributed by atoms with Gasteiger partial charge in [-0.3, -0.25) is 0 Å². The first-order valence-electron chi connectivity index (χ1n) is 7.11. The van der Waals surface area contributed by atoms with Gasteiger partial charge in [0, 0.05) is 12.1 Å². The lowest BCUT2D eigenvalue weighted by atomic mass is 10.1. The van der Waals surface area contributed by atoms with Gasteiger partial charge in [-0.05, 0) is 54.8 Å². The topological polar surface area (TPSA) is 39.7 Å². The van der Waals surface area contributed by atoms with E-state index < -0.39 is 0 Å². The first kappa shape index (κ1) is 18.3. The van der Waals surface area contributed by atoms with Gasteiger partial charge in [0.15, 0.2) is 0 Å². The summed E-state index contributed by atoms with van der Waals surface area (Å²) in [4.78, 5) is 0. The summed E-state index contributed by atoms with van der Waals surface area (Å²) in [6.07, 6.45) is 0.807. The van der Waals surface area contributed by atoms with Crippen LogP contribution >= 0.6 is 15.9 Å². The van der Waals surface area contributed by atoms with Crippen molar-refractivity contribution in [2.75, 3.05) is 34.0 Å². The highest BCUT2D eigenvalue weighted by atomic mass is 79.9. The fourth-order valence-corrected chi connectivity index (χ4v) is 2.65. The molecule has 0 atom stereocenters. The molecule has 0 aromatic heterocycles. The zero-order valence-corrected chi connectivity index (χ0v) is 15.2. The van der Waals surface area contributed by atoms with Crippen LogP contribution in [0.15, 0.2) is 16.6 Å². The van der Waals surface area contributed by atoms with E-state index in [1.165, 1.54) is 0 Å². The van der Waals surface area contributed by atoms with Crippen LogP contribution in [0.3, 0.4) is 0 Å². The molecule has 0 amide bonds. The van der Waals surface area contributed by atoms with Crippen LogP contribution < -0.4 is 14.8 Å². The van der Waals surface area contributed by atoms with E-state index in [2.05, 4.69) is 42.0 Å². The number of halogens is 1. The van der Waals surface area contributed by atoms with Gasteiger partial charge in [-0.25, -0.2) is 0 Å². The van der Waals surface area contributed by atoms with Crippen LogP contribution in [0.5, 0.6) is 11.5 Å². The summed E-state index contributed by atoms with van der Waals surface area (Å²) in [5.41, 5.74) is 1.24. The summed E-state index contributed by atoms with van der Waals surface area (Å²) in [6, 6.07) is 3.95. The maximum atomic E-state index is 5.66. The third-order valence-corrected chi connectivity index (χ3v) is 3.74. The SMILES string of the molecule is COc1ccc(CCOCCNC(C)(C)C)c(OC)c1Br. The molecule has 0 aliphatic carbocycles. The van der Waals surface area contributed by atoms with E-state index in [9.17, 15) is 0 Å². The Morgan fingerprint density at radius 1 is 1.10 bits per heavy atom. The third-order valence-electron chi connectivity index (χ3n) is 2.98. The number of nitrogens with one attached hydrogen (secondary N) is 1. The van der Waals surface area contributed by atoms with Crippen molar-refractivity contribution in [3.05, 3.63) is 22.2 Å². The van der Waals surface area contributed by atoms with Gasteiger partial charge in [0.1, 0.15) is 16.0 Å². The van der Waals surface area contributed by atoms with E-state index in [-0.39, 0.29) is 5.54 Å². The van der Waals surface area contributed by atoms with E-state index in [0.717, 1.165) is 34.5 Å². The maximum Gasteiger partial charge on any atom is 0.140 e. The number of benzene rings is 1. The molecule has 21 heavy (non-hydrogen) atoms.